The van der Waals surface area contributed by atoms with Crippen molar-refractivity contribution in [1.82, 2.24) is 9.88 Å². The maximum atomic E-state index is 12.1. The van der Waals surface area contributed by atoms with Gasteiger partial charge >= 0.3 is 0 Å². The molecule has 2 heterocycles. The van der Waals surface area contributed by atoms with Crippen LogP contribution in [-0.2, 0) is 19.5 Å². The van der Waals surface area contributed by atoms with E-state index in [4.69, 9.17) is 14.0 Å². The molecule has 1 aromatic rings. The number of sulfonamides is 1. The Morgan fingerprint density at radius 2 is 2.00 bits per heavy atom. The zero-order valence-corrected chi connectivity index (χ0v) is 11.8. The Kier molecular flexibility index (Phi) is 4.56. The lowest BCUT2D eigenvalue weighted by molar-refractivity contribution is -0.180. The summed E-state index contributed by atoms with van der Waals surface area (Å²) < 4.78 is 42.2. The van der Waals surface area contributed by atoms with E-state index in [1.807, 2.05) is 0 Å². The van der Waals surface area contributed by atoms with Crippen molar-refractivity contribution in [2.75, 3.05) is 19.8 Å². The number of hydrogen-bond acceptors (Lipinski definition) is 6. The molecule has 1 saturated heterocycles. The first-order chi connectivity index (χ1) is 9.00. The zero-order valence-electron chi connectivity index (χ0n) is 11.0. The normalized spacial score (nSPS) is 17.8. The van der Waals surface area contributed by atoms with Crippen LogP contribution < -0.4 is 4.72 Å². The van der Waals surface area contributed by atoms with Gasteiger partial charge in [0.1, 0.15) is 10.6 Å². The Labute approximate surface area is 112 Å². The molecule has 1 fully saturated rings. The third kappa shape index (κ3) is 3.53. The van der Waals surface area contributed by atoms with Gasteiger partial charge in [0, 0.05) is 13.0 Å². The summed E-state index contributed by atoms with van der Waals surface area (Å²) in [4.78, 5) is 0.109. The number of hydrogen-bond donors (Lipinski definition) is 1. The van der Waals surface area contributed by atoms with Crippen LogP contribution in [0.3, 0.4) is 0 Å². The molecule has 1 aromatic heterocycles. The number of nitrogens with zero attached hydrogens (tertiary/aromatic N) is 1. The van der Waals surface area contributed by atoms with Crippen LogP contribution in [0, 0.1) is 13.8 Å². The molecule has 7 nitrogen and oxygen atoms in total. The first-order valence-corrected chi connectivity index (χ1v) is 7.65. The lowest BCUT2D eigenvalue weighted by atomic mass is 10.4. The molecule has 0 saturated carbocycles. The summed E-state index contributed by atoms with van der Waals surface area (Å²) in [7, 11) is -3.60. The van der Waals surface area contributed by atoms with Crippen LogP contribution in [0.25, 0.3) is 0 Å². The quantitative estimate of drug-likeness (QED) is 0.859. The molecule has 0 aromatic carbocycles. The van der Waals surface area contributed by atoms with Crippen molar-refractivity contribution in [3.8, 4) is 0 Å². The Hall–Kier alpha value is -0.960. The molecule has 1 aliphatic heterocycles. The van der Waals surface area contributed by atoms with E-state index in [0.29, 0.717) is 25.3 Å². The van der Waals surface area contributed by atoms with Gasteiger partial charge in [0.2, 0.25) is 10.0 Å². The van der Waals surface area contributed by atoms with Crippen LogP contribution in [0.5, 0.6) is 0 Å². The average Bonchev–Trinajstić information content (AvgIpc) is 2.70. The number of nitrogens with one attached hydrogen (secondary N) is 1. The van der Waals surface area contributed by atoms with Gasteiger partial charge in [0.15, 0.2) is 12.1 Å². The fourth-order valence-corrected chi connectivity index (χ4v) is 3.32. The minimum Gasteiger partial charge on any atom is -0.360 e. The molecule has 0 amide bonds. The van der Waals surface area contributed by atoms with E-state index in [0.717, 1.165) is 6.42 Å². The second-order valence-corrected chi connectivity index (χ2v) is 6.07. The van der Waals surface area contributed by atoms with Gasteiger partial charge < -0.3 is 14.0 Å². The smallest absolute Gasteiger partial charge is 0.245 e. The van der Waals surface area contributed by atoms with Crippen molar-refractivity contribution < 1.29 is 22.4 Å². The number of ether oxygens (including phenoxy) is 2. The van der Waals surface area contributed by atoms with Gasteiger partial charge in [-0.3, -0.25) is 0 Å². The maximum Gasteiger partial charge on any atom is 0.245 e. The van der Waals surface area contributed by atoms with Gasteiger partial charge in [-0.1, -0.05) is 5.16 Å². The van der Waals surface area contributed by atoms with E-state index in [-0.39, 0.29) is 23.5 Å². The maximum absolute atomic E-state index is 12.1. The molecule has 0 aliphatic carbocycles. The molecule has 19 heavy (non-hydrogen) atoms. The van der Waals surface area contributed by atoms with E-state index in [9.17, 15) is 8.42 Å². The van der Waals surface area contributed by atoms with E-state index < -0.39 is 10.0 Å². The Morgan fingerprint density at radius 1 is 1.32 bits per heavy atom. The minimum atomic E-state index is -3.60. The van der Waals surface area contributed by atoms with E-state index in [2.05, 4.69) is 9.88 Å². The third-order valence-corrected chi connectivity index (χ3v) is 4.51. The van der Waals surface area contributed by atoms with Crippen LogP contribution in [0.2, 0.25) is 0 Å². The highest BCUT2D eigenvalue weighted by molar-refractivity contribution is 7.89. The molecule has 0 atom stereocenters. The fraction of sp³-hybridized carbons (Fsp3) is 0.727. The molecular weight excluding hydrogens is 272 g/mol. The summed E-state index contributed by atoms with van der Waals surface area (Å²) in [6.45, 7) is 4.72. The largest absolute Gasteiger partial charge is 0.360 e. The second kappa shape index (κ2) is 6.00. The third-order valence-electron chi connectivity index (χ3n) is 2.80. The summed E-state index contributed by atoms with van der Waals surface area (Å²) in [6, 6.07) is 0. The van der Waals surface area contributed by atoms with Crippen LogP contribution >= 0.6 is 0 Å². The monoisotopic (exact) mass is 290 g/mol. The molecule has 0 radical (unpaired) electrons. The minimum absolute atomic E-state index is 0.109. The molecule has 2 rings (SSSR count). The summed E-state index contributed by atoms with van der Waals surface area (Å²) in [5, 5.41) is 3.64. The Morgan fingerprint density at radius 3 is 2.58 bits per heavy atom. The highest BCUT2D eigenvalue weighted by atomic mass is 32.2. The van der Waals surface area contributed by atoms with Crippen LogP contribution in [-0.4, -0.2) is 39.6 Å². The molecular formula is C11H18N2O5S. The Bertz CT molecular complexity index is 500. The summed E-state index contributed by atoms with van der Waals surface area (Å²) >= 11 is 0. The molecule has 1 aliphatic rings. The van der Waals surface area contributed by atoms with Crippen molar-refractivity contribution in [3.63, 3.8) is 0 Å². The predicted octanol–water partition coefficient (Wildman–Crippen LogP) is 0.723. The van der Waals surface area contributed by atoms with E-state index in [1.54, 1.807) is 13.8 Å². The van der Waals surface area contributed by atoms with Crippen molar-refractivity contribution in [1.29, 1.82) is 0 Å². The lowest BCUT2D eigenvalue weighted by Crippen LogP contribution is -2.32. The van der Waals surface area contributed by atoms with Gasteiger partial charge in [-0.25, -0.2) is 13.1 Å². The standard InChI is InChI=1S/C11H18N2O5S/c1-8-11(9(2)18-13-8)19(14,15)12-5-4-10-16-6-3-7-17-10/h10,12H,3-7H2,1-2H3. The van der Waals surface area contributed by atoms with E-state index in [1.165, 1.54) is 0 Å². The highest BCUT2D eigenvalue weighted by Crippen LogP contribution is 2.18. The highest BCUT2D eigenvalue weighted by Gasteiger charge is 2.24. The van der Waals surface area contributed by atoms with Crippen LogP contribution in [0.15, 0.2) is 9.42 Å². The van der Waals surface area contributed by atoms with Crippen LogP contribution in [0.4, 0.5) is 0 Å². The molecule has 8 heteroatoms. The van der Waals surface area contributed by atoms with Gasteiger partial charge in [-0.2, -0.15) is 0 Å². The van der Waals surface area contributed by atoms with Gasteiger partial charge in [0.05, 0.1) is 13.2 Å². The first-order valence-electron chi connectivity index (χ1n) is 6.16. The van der Waals surface area contributed by atoms with Gasteiger partial charge in [-0.05, 0) is 20.3 Å². The molecule has 108 valence electrons. The van der Waals surface area contributed by atoms with Crippen molar-refractivity contribution in [2.45, 2.75) is 37.9 Å². The number of aryl methyl sites for hydroxylation is 2. The van der Waals surface area contributed by atoms with Crippen molar-refractivity contribution >= 4 is 10.0 Å². The predicted molar refractivity (Wildman–Crippen MR) is 66.1 cm³/mol. The summed E-state index contributed by atoms with van der Waals surface area (Å²) in [5.74, 6) is 0.287. The Balaban J connectivity index is 1.91. The van der Waals surface area contributed by atoms with Crippen molar-refractivity contribution in [3.05, 3.63) is 11.5 Å². The molecule has 1 N–H and O–H groups in total. The topological polar surface area (TPSA) is 90.7 Å². The number of aromatic nitrogens is 1. The van der Waals surface area contributed by atoms with Crippen LogP contribution in [0.1, 0.15) is 24.3 Å². The van der Waals surface area contributed by atoms with E-state index >= 15 is 0 Å². The molecule has 0 spiro atoms. The first kappa shape index (κ1) is 14.4. The SMILES string of the molecule is Cc1noc(C)c1S(=O)(=O)NCCC1OCCCO1. The molecule has 0 unspecified atom stereocenters. The molecule has 0 bridgehead atoms. The summed E-state index contributed by atoms with van der Waals surface area (Å²) in [5.41, 5.74) is 0.357. The zero-order chi connectivity index (χ0) is 13.9. The summed E-state index contributed by atoms with van der Waals surface area (Å²) in [6.07, 6.45) is 1.02. The second-order valence-electron chi connectivity index (χ2n) is 4.36. The van der Waals surface area contributed by atoms with Gasteiger partial charge in [-0.15, -0.1) is 0 Å². The number of rotatable bonds is 5. The average molecular weight is 290 g/mol. The fourth-order valence-electron chi connectivity index (χ4n) is 1.94. The lowest BCUT2D eigenvalue weighted by Gasteiger charge is -2.23. The van der Waals surface area contributed by atoms with Gasteiger partial charge in [0.25, 0.3) is 0 Å². The van der Waals surface area contributed by atoms with Crippen molar-refractivity contribution in [2.24, 2.45) is 0 Å².